The average Bonchev–Trinajstić information content (AvgIpc) is 3.04. The fraction of sp³-hybridized carbons (Fsp3) is 0.167. The van der Waals surface area contributed by atoms with Crippen LogP contribution in [-0.4, -0.2) is 29.6 Å². The maximum atomic E-state index is 12.5. The first-order chi connectivity index (χ1) is 15.0. The van der Waals surface area contributed by atoms with Gasteiger partial charge in [-0.05, 0) is 75.2 Å². The minimum absolute atomic E-state index is 0.140. The molecule has 1 amide bonds. The smallest absolute Gasteiger partial charge is 0.276 e. The van der Waals surface area contributed by atoms with Gasteiger partial charge in [0.05, 0.1) is 11.6 Å². The Morgan fingerprint density at radius 3 is 2.68 bits per heavy atom. The zero-order chi connectivity index (χ0) is 22.0. The SMILES string of the molecule is CCN1C(=O)/C(=C/c2cc(Br)c(OCc3cccc4ccccc34)c(OC)c2)NC1=S. The third kappa shape index (κ3) is 4.29. The van der Waals surface area contributed by atoms with Gasteiger partial charge in [0, 0.05) is 6.54 Å². The van der Waals surface area contributed by atoms with Gasteiger partial charge < -0.3 is 14.8 Å². The molecule has 3 aromatic carbocycles. The van der Waals surface area contributed by atoms with E-state index in [1.165, 1.54) is 10.3 Å². The van der Waals surface area contributed by atoms with Crippen LogP contribution < -0.4 is 14.8 Å². The molecule has 0 aromatic heterocycles. The second-order valence-corrected chi connectivity index (χ2v) is 8.24. The van der Waals surface area contributed by atoms with Crippen molar-refractivity contribution in [2.45, 2.75) is 13.5 Å². The molecule has 1 N–H and O–H groups in total. The van der Waals surface area contributed by atoms with E-state index in [0.29, 0.717) is 35.5 Å². The van der Waals surface area contributed by atoms with Crippen LogP contribution in [0, 0.1) is 0 Å². The quantitative estimate of drug-likeness (QED) is 0.372. The number of hydrogen-bond donors (Lipinski definition) is 1. The fourth-order valence-electron chi connectivity index (χ4n) is 3.56. The van der Waals surface area contributed by atoms with Crippen molar-refractivity contribution in [1.82, 2.24) is 10.2 Å². The summed E-state index contributed by atoms with van der Waals surface area (Å²) in [5.74, 6) is 1.04. The molecule has 0 atom stereocenters. The first-order valence-corrected chi connectivity index (χ1v) is 11.0. The van der Waals surface area contributed by atoms with Crippen molar-refractivity contribution in [3.63, 3.8) is 0 Å². The van der Waals surface area contributed by atoms with Crippen LogP contribution in [0.2, 0.25) is 0 Å². The molecule has 4 rings (SSSR count). The summed E-state index contributed by atoms with van der Waals surface area (Å²) in [7, 11) is 1.59. The minimum Gasteiger partial charge on any atom is -0.493 e. The van der Waals surface area contributed by atoms with E-state index in [4.69, 9.17) is 21.7 Å². The van der Waals surface area contributed by atoms with Gasteiger partial charge in [0.25, 0.3) is 5.91 Å². The molecule has 5 nitrogen and oxygen atoms in total. The Bertz CT molecular complexity index is 1200. The Morgan fingerprint density at radius 2 is 1.94 bits per heavy atom. The topological polar surface area (TPSA) is 50.8 Å². The molecule has 31 heavy (non-hydrogen) atoms. The second-order valence-electron chi connectivity index (χ2n) is 7.00. The molecule has 1 heterocycles. The van der Waals surface area contributed by atoms with E-state index in [9.17, 15) is 4.79 Å². The number of carbonyl (C=O) groups is 1. The Kier molecular flexibility index (Phi) is 6.25. The number of ether oxygens (including phenoxy) is 2. The number of halogens is 1. The van der Waals surface area contributed by atoms with E-state index in [0.717, 1.165) is 21.0 Å². The number of amides is 1. The van der Waals surface area contributed by atoms with Gasteiger partial charge in [-0.2, -0.15) is 0 Å². The number of rotatable bonds is 6. The van der Waals surface area contributed by atoms with Gasteiger partial charge in [-0.1, -0.05) is 42.5 Å². The first kappa shape index (κ1) is 21.3. The van der Waals surface area contributed by atoms with Crippen molar-refractivity contribution in [3.05, 3.63) is 75.9 Å². The highest BCUT2D eigenvalue weighted by molar-refractivity contribution is 9.10. The third-order valence-corrected chi connectivity index (χ3v) is 6.00. The zero-order valence-corrected chi connectivity index (χ0v) is 19.5. The van der Waals surface area contributed by atoms with Gasteiger partial charge in [0.2, 0.25) is 0 Å². The number of thiocarbonyl (C=S) groups is 1. The summed E-state index contributed by atoms with van der Waals surface area (Å²) in [6.07, 6.45) is 1.76. The molecule has 158 valence electrons. The highest BCUT2D eigenvalue weighted by atomic mass is 79.9. The van der Waals surface area contributed by atoms with Gasteiger partial charge in [0.1, 0.15) is 12.3 Å². The molecule has 1 fully saturated rings. The Labute approximate surface area is 194 Å². The summed E-state index contributed by atoms with van der Waals surface area (Å²) in [6.45, 7) is 2.81. The number of fused-ring (bicyclic) bond motifs is 1. The third-order valence-electron chi connectivity index (χ3n) is 5.09. The molecule has 3 aromatic rings. The molecule has 0 radical (unpaired) electrons. The second kappa shape index (κ2) is 9.08. The lowest BCUT2D eigenvalue weighted by Crippen LogP contribution is -2.30. The van der Waals surface area contributed by atoms with Crippen LogP contribution in [-0.2, 0) is 11.4 Å². The van der Waals surface area contributed by atoms with Crippen LogP contribution in [0.5, 0.6) is 11.5 Å². The number of hydrogen-bond acceptors (Lipinski definition) is 4. The molecule has 0 bridgehead atoms. The maximum Gasteiger partial charge on any atom is 0.276 e. The van der Waals surface area contributed by atoms with E-state index < -0.39 is 0 Å². The van der Waals surface area contributed by atoms with E-state index in [1.54, 1.807) is 13.2 Å². The largest absolute Gasteiger partial charge is 0.493 e. The monoisotopic (exact) mass is 496 g/mol. The fourth-order valence-corrected chi connectivity index (χ4v) is 4.45. The van der Waals surface area contributed by atoms with Gasteiger partial charge in [0.15, 0.2) is 16.6 Å². The zero-order valence-electron chi connectivity index (χ0n) is 17.1. The lowest BCUT2D eigenvalue weighted by atomic mass is 10.1. The van der Waals surface area contributed by atoms with Crippen molar-refractivity contribution < 1.29 is 14.3 Å². The molecule has 7 heteroatoms. The van der Waals surface area contributed by atoms with E-state index >= 15 is 0 Å². The molecular weight excluding hydrogens is 476 g/mol. The molecule has 0 spiro atoms. The lowest BCUT2D eigenvalue weighted by molar-refractivity contribution is -0.122. The number of methoxy groups -OCH3 is 1. The van der Waals surface area contributed by atoms with Crippen molar-refractivity contribution in [1.29, 1.82) is 0 Å². The van der Waals surface area contributed by atoms with Crippen LogP contribution in [0.25, 0.3) is 16.8 Å². The van der Waals surface area contributed by atoms with E-state index in [2.05, 4.69) is 45.5 Å². The minimum atomic E-state index is -0.140. The van der Waals surface area contributed by atoms with Gasteiger partial charge in [-0.3, -0.25) is 9.69 Å². The van der Waals surface area contributed by atoms with Gasteiger partial charge in [-0.25, -0.2) is 0 Å². The van der Waals surface area contributed by atoms with Crippen LogP contribution in [0.15, 0.2) is 64.8 Å². The van der Waals surface area contributed by atoms with Crippen LogP contribution >= 0.6 is 28.1 Å². The number of likely N-dealkylation sites (N-methyl/N-ethyl adjacent to an activating group) is 1. The molecule has 1 aliphatic rings. The Morgan fingerprint density at radius 1 is 1.16 bits per heavy atom. The number of carbonyl (C=O) groups excluding carboxylic acids is 1. The van der Waals surface area contributed by atoms with Crippen molar-refractivity contribution in [2.24, 2.45) is 0 Å². The predicted molar refractivity (Wildman–Crippen MR) is 130 cm³/mol. The first-order valence-electron chi connectivity index (χ1n) is 9.83. The van der Waals surface area contributed by atoms with Crippen molar-refractivity contribution in [3.8, 4) is 11.5 Å². The lowest BCUT2D eigenvalue weighted by Gasteiger charge is -2.15. The Balaban J connectivity index is 1.61. The highest BCUT2D eigenvalue weighted by Gasteiger charge is 2.29. The summed E-state index contributed by atoms with van der Waals surface area (Å²) in [5.41, 5.74) is 2.32. The van der Waals surface area contributed by atoms with Gasteiger partial charge in [-0.15, -0.1) is 0 Å². The molecule has 0 unspecified atom stereocenters. The standard InChI is InChI=1S/C24H21BrN2O3S/c1-3-27-23(28)20(26-24(27)31)12-15-11-19(25)22(21(13-15)29-2)30-14-17-9-6-8-16-7-4-5-10-18(16)17/h4-13H,3,14H2,1-2H3,(H,26,31)/b20-12-. The molecule has 1 saturated heterocycles. The molecule has 0 saturated carbocycles. The predicted octanol–water partition coefficient (Wildman–Crippen LogP) is 5.27. The van der Waals surface area contributed by atoms with Crippen LogP contribution in [0.4, 0.5) is 0 Å². The summed E-state index contributed by atoms with van der Waals surface area (Å²) in [4.78, 5) is 14.0. The maximum absolute atomic E-state index is 12.5. The number of benzene rings is 3. The normalized spacial score (nSPS) is 14.9. The summed E-state index contributed by atoms with van der Waals surface area (Å²) in [6, 6.07) is 18.1. The summed E-state index contributed by atoms with van der Waals surface area (Å²) in [5, 5.41) is 5.71. The van der Waals surface area contributed by atoms with Gasteiger partial charge >= 0.3 is 0 Å². The molecule has 0 aliphatic carbocycles. The Hall–Kier alpha value is -2.90. The highest BCUT2D eigenvalue weighted by Crippen LogP contribution is 2.38. The number of nitrogens with zero attached hydrogens (tertiary/aromatic N) is 1. The number of nitrogens with one attached hydrogen (secondary N) is 1. The van der Waals surface area contributed by atoms with E-state index in [-0.39, 0.29) is 5.91 Å². The average molecular weight is 497 g/mol. The summed E-state index contributed by atoms with van der Waals surface area (Å²) >= 11 is 8.81. The van der Waals surface area contributed by atoms with E-state index in [1.807, 2.05) is 37.3 Å². The summed E-state index contributed by atoms with van der Waals surface area (Å²) < 4.78 is 12.5. The van der Waals surface area contributed by atoms with Crippen molar-refractivity contribution in [2.75, 3.05) is 13.7 Å². The van der Waals surface area contributed by atoms with Crippen LogP contribution in [0.3, 0.4) is 0 Å². The molecule has 1 aliphatic heterocycles. The van der Waals surface area contributed by atoms with Crippen LogP contribution in [0.1, 0.15) is 18.1 Å². The van der Waals surface area contributed by atoms with Crippen molar-refractivity contribution >= 4 is 56.0 Å². The molecular formula is C24H21BrN2O3S.